The standard InChI is InChI=1S/C19H24BClO7/c1-5-13(22)9-12-8-11-6-7-14(21)15(16(11)28-20(12)25)17(23)26-10-27-18(24)19(2,3)4/h6-7,12,25H,5,8-10H2,1-4H3/t12-/m1/s1. The van der Waals surface area contributed by atoms with E-state index < -0.39 is 37.1 Å². The lowest BCUT2D eigenvalue weighted by atomic mass is 9.64. The van der Waals surface area contributed by atoms with Gasteiger partial charge in [-0.25, -0.2) is 4.79 Å². The quantitative estimate of drug-likeness (QED) is 0.437. The monoisotopic (exact) mass is 410 g/mol. The molecule has 0 aromatic heterocycles. The van der Waals surface area contributed by atoms with Crippen molar-refractivity contribution in [2.75, 3.05) is 6.79 Å². The fourth-order valence-electron chi connectivity index (χ4n) is 2.72. The number of hydrogen-bond acceptors (Lipinski definition) is 7. The summed E-state index contributed by atoms with van der Waals surface area (Å²) >= 11 is 6.14. The van der Waals surface area contributed by atoms with Gasteiger partial charge in [-0.1, -0.05) is 24.6 Å². The van der Waals surface area contributed by atoms with Crippen molar-refractivity contribution < 1.29 is 33.5 Å². The third-order valence-electron chi connectivity index (χ3n) is 4.39. The van der Waals surface area contributed by atoms with Gasteiger partial charge in [0.2, 0.25) is 6.79 Å². The van der Waals surface area contributed by atoms with Crippen LogP contribution >= 0.6 is 11.6 Å². The zero-order valence-electron chi connectivity index (χ0n) is 16.4. The highest BCUT2D eigenvalue weighted by molar-refractivity contribution is 6.47. The summed E-state index contributed by atoms with van der Waals surface area (Å²) in [5.74, 6) is -1.62. The SMILES string of the molecule is CCC(=O)C[C@H]1Cc2ccc(Cl)c(C(=O)OCOC(=O)C(C)(C)C)c2OB1O. The Morgan fingerprint density at radius 2 is 1.96 bits per heavy atom. The molecule has 1 aliphatic rings. The van der Waals surface area contributed by atoms with Crippen LogP contribution in [0.5, 0.6) is 5.75 Å². The van der Waals surface area contributed by atoms with Gasteiger partial charge in [0.1, 0.15) is 17.1 Å². The van der Waals surface area contributed by atoms with Gasteiger partial charge in [0.15, 0.2) is 0 Å². The fraction of sp³-hybridized carbons (Fsp3) is 0.526. The second-order valence-electron chi connectivity index (χ2n) is 7.71. The Morgan fingerprint density at radius 1 is 1.29 bits per heavy atom. The minimum absolute atomic E-state index is 0.0189. The zero-order valence-corrected chi connectivity index (χ0v) is 17.2. The van der Waals surface area contributed by atoms with Gasteiger partial charge in [0, 0.05) is 18.7 Å². The molecule has 1 N–H and O–H groups in total. The largest absolute Gasteiger partial charge is 0.535 e. The second-order valence-corrected chi connectivity index (χ2v) is 8.12. The molecule has 28 heavy (non-hydrogen) atoms. The summed E-state index contributed by atoms with van der Waals surface area (Å²) in [5.41, 5.74) is -0.138. The van der Waals surface area contributed by atoms with E-state index in [-0.39, 0.29) is 28.5 Å². The van der Waals surface area contributed by atoms with Crippen LogP contribution in [0.25, 0.3) is 0 Å². The molecule has 152 valence electrons. The Kier molecular flexibility index (Phi) is 7.12. The predicted molar refractivity (Wildman–Crippen MR) is 103 cm³/mol. The second kappa shape index (κ2) is 8.96. The Morgan fingerprint density at radius 3 is 2.57 bits per heavy atom. The molecule has 0 aliphatic carbocycles. The van der Waals surface area contributed by atoms with Gasteiger partial charge in [-0.3, -0.25) is 9.59 Å². The van der Waals surface area contributed by atoms with E-state index in [4.69, 9.17) is 25.7 Å². The number of Topliss-reactive ketones (excluding diaryl/α,β-unsaturated/α-hetero) is 1. The van der Waals surface area contributed by atoms with Crippen LogP contribution in [0.2, 0.25) is 10.8 Å². The van der Waals surface area contributed by atoms with Gasteiger partial charge in [0.25, 0.3) is 0 Å². The van der Waals surface area contributed by atoms with Gasteiger partial charge in [-0.2, -0.15) is 0 Å². The molecule has 0 bridgehead atoms. The maximum atomic E-state index is 12.5. The van der Waals surface area contributed by atoms with E-state index in [1.54, 1.807) is 33.8 Å². The van der Waals surface area contributed by atoms with Gasteiger partial charge >= 0.3 is 19.1 Å². The highest BCUT2D eigenvalue weighted by Crippen LogP contribution is 2.39. The molecular formula is C19H24BClO7. The van der Waals surface area contributed by atoms with Gasteiger partial charge in [-0.05, 0) is 38.8 Å². The van der Waals surface area contributed by atoms with E-state index in [0.717, 1.165) is 0 Å². The zero-order chi connectivity index (χ0) is 21.1. The molecule has 1 aromatic carbocycles. The topological polar surface area (TPSA) is 99.1 Å². The smallest absolute Gasteiger partial charge is 0.526 e. The predicted octanol–water partition coefficient (Wildman–Crippen LogP) is 3.20. The molecule has 1 heterocycles. The Bertz CT molecular complexity index is 772. The molecule has 0 unspecified atom stereocenters. The molecule has 1 atom stereocenters. The van der Waals surface area contributed by atoms with Gasteiger partial charge < -0.3 is 19.2 Å². The van der Waals surface area contributed by atoms with Crippen LogP contribution in [0.15, 0.2) is 12.1 Å². The van der Waals surface area contributed by atoms with Crippen LogP contribution in [0, 0.1) is 5.41 Å². The van der Waals surface area contributed by atoms with Crippen LogP contribution in [0.1, 0.15) is 56.5 Å². The first-order chi connectivity index (χ1) is 13.0. The van der Waals surface area contributed by atoms with E-state index in [2.05, 4.69) is 0 Å². The average molecular weight is 411 g/mol. The number of halogens is 1. The Balaban J connectivity index is 2.14. The fourth-order valence-corrected chi connectivity index (χ4v) is 2.95. The molecule has 1 aliphatic heterocycles. The number of fused-ring (bicyclic) bond motifs is 1. The van der Waals surface area contributed by atoms with Gasteiger partial charge in [-0.15, -0.1) is 0 Å². The maximum Gasteiger partial charge on any atom is 0.526 e. The van der Waals surface area contributed by atoms with Crippen molar-refractivity contribution in [2.24, 2.45) is 5.41 Å². The van der Waals surface area contributed by atoms with Crippen LogP contribution in [-0.2, 0) is 25.5 Å². The Labute approximate surface area is 169 Å². The molecule has 2 rings (SSSR count). The molecule has 0 spiro atoms. The van der Waals surface area contributed by atoms with E-state index >= 15 is 0 Å². The molecule has 0 saturated heterocycles. The molecule has 0 fully saturated rings. The summed E-state index contributed by atoms with van der Waals surface area (Å²) in [6.07, 6.45) is 0.919. The first-order valence-corrected chi connectivity index (χ1v) is 9.44. The van der Waals surface area contributed by atoms with E-state index in [0.29, 0.717) is 18.4 Å². The first-order valence-electron chi connectivity index (χ1n) is 9.06. The number of ketones is 1. The lowest BCUT2D eigenvalue weighted by Crippen LogP contribution is -2.36. The summed E-state index contributed by atoms with van der Waals surface area (Å²) in [7, 11) is -1.24. The van der Waals surface area contributed by atoms with E-state index in [9.17, 15) is 19.4 Å². The maximum absolute atomic E-state index is 12.5. The third kappa shape index (κ3) is 5.26. The number of ether oxygens (including phenoxy) is 2. The highest BCUT2D eigenvalue weighted by Gasteiger charge is 2.38. The van der Waals surface area contributed by atoms with Crippen molar-refractivity contribution in [3.63, 3.8) is 0 Å². The summed E-state index contributed by atoms with van der Waals surface area (Å²) in [6.45, 7) is 6.22. The molecule has 0 radical (unpaired) electrons. The highest BCUT2D eigenvalue weighted by atomic mass is 35.5. The molecule has 7 nitrogen and oxygen atoms in total. The van der Waals surface area contributed by atoms with E-state index in [1.807, 2.05) is 0 Å². The van der Waals surface area contributed by atoms with Crippen LogP contribution < -0.4 is 4.65 Å². The minimum Gasteiger partial charge on any atom is -0.535 e. The molecule has 0 saturated carbocycles. The van der Waals surface area contributed by atoms with Crippen molar-refractivity contribution in [3.05, 3.63) is 28.3 Å². The molecule has 0 amide bonds. The van der Waals surface area contributed by atoms with Crippen LogP contribution in [-0.4, -0.2) is 36.7 Å². The first kappa shape index (κ1) is 22.2. The summed E-state index contributed by atoms with van der Waals surface area (Å²) in [5, 5.41) is 10.3. The number of hydrogen-bond donors (Lipinski definition) is 1. The number of carbonyl (C=O) groups excluding carboxylic acids is 3. The number of esters is 2. The minimum atomic E-state index is -1.24. The number of carbonyl (C=O) groups is 3. The van der Waals surface area contributed by atoms with Crippen molar-refractivity contribution in [3.8, 4) is 5.75 Å². The van der Waals surface area contributed by atoms with Crippen LogP contribution in [0.4, 0.5) is 0 Å². The van der Waals surface area contributed by atoms with Crippen molar-refractivity contribution in [1.82, 2.24) is 0 Å². The molecule has 1 aromatic rings. The molecular weight excluding hydrogens is 386 g/mol. The third-order valence-corrected chi connectivity index (χ3v) is 4.71. The Hall–Kier alpha value is -2.06. The van der Waals surface area contributed by atoms with Crippen LogP contribution in [0.3, 0.4) is 0 Å². The lowest BCUT2D eigenvalue weighted by molar-refractivity contribution is -0.161. The summed E-state index contributed by atoms with van der Waals surface area (Å²) in [6, 6.07) is 3.21. The number of benzene rings is 1. The summed E-state index contributed by atoms with van der Waals surface area (Å²) in [4.78, 5) is 35.9. The summed E-state index contributed by atoms with van der Waals surface area (Å²) < 4.78 is 15.4. The molecule has 9 heteroatoms. The normalized spacial score (nSPS) is 16.1. The van der Waals surface area contributed by atoms with Crippen molar-refractivity contribution in [1.29, 1.82) is 0 Å². The lowest BCUT2D eigenvalue weighted by Gasteiger charge is -2.28. The van der Waals surface area contributed by atoms with Crippen molar-refractivity contribution >= 4 is 36.4 Å². The van der Waals surface area contributed by atoms with E-state index in [1.165, 1.54) is 6.07 Å². The number of rotatable bonds is 6. The average Bonchev–Trinajstić information content (AvgIpc) is 2.61. The van der Waals surface area contributed by atoms with Crippen molar-refractivity contribution in [2.45, 2.75) is 52.8 Å². The van der Waals surface area contributed by atoms with Gasteiger partial charge in [0.05, 0.1) is 10.4 Å².